The van der Waals surface area contributed by atoms with E-state index in [9.17, 15) is 9.59 Å². The third-order valence-corrected chi connectivity index (χ3v) is 3.84. The molecule has 0 saturated carbocycles. The Morgan fingerprint density at radius 2 is 1.88 bits per heavy atom. The summed E-state index contributed by atoms with van der Waals surface area (Å²) in [6, 6.07) is 15.1. The molecule has 0 aliphatic rings. The fourth-order valence-electron chi connectivity index (χ4n) is 2.60. The maximum absolute atomic E-state index is 12.6. The van der Waals surface area contributed by atoms with E-state index in [1.165, 1.54) is 0 Å². The summed E-state index contributed by atoms with van der Waals surface area (Å²) in [6.07, 6.45) is 0.490. The smallest absolute Gasteiger partial charge is 0.303 e. The molecule has 2 aromatic rings. The molecule has 0 heterocycles. The molecule has 5 nitrogen and oxygen atoms in total. The second kappa shape index (κ2) is 8.87. The lowest BCUT2D eigenvalue weighted by Gasteiger charge is -2.17. The normalized spacial score (nSPS) is 10.3. The lowest BCUT2D eigenvalue weighted by Crippen LogP contribution is -2.28. The molecule has 0 fully saturated rings. The van der Waals surface area contributed by atoms with E-state index in [1.807, 2.05) is 49.4 Å². The Kier molecular flexibility index (Phi) is 6.57. The highest BCUT2D eigenvalue weighted by Crippen LogP contribution is 2.30. The van der Waals surface area contributed by atoms with Crippen LogP contribution in [0.3, 0.4) is 0 Å². The van der Waals surface area contributed by atoms with Crippen LogP contribution in [0.4, 0.5) is 0 Å². The van der Waals surface area contributed by atoms with Crippen LogP contribution >= 0.6 is 0 Å². The third kappa shape index (κ3) is 5.08. The van der Waals surface area contributed by atoms with Gasteiger partial charge in [-0.05, 0) is 37.1 Å². The summed E-state index contributed by atoms with van der Waals surface area (Å²) in [4.78, 5) is 24.7. The van der Waals surface area contributed by atoms with Crippen molar-refractivity contribution in [1.82, 2.24) is 4.90 Å². The number of para-hydroxylation sites is 1. The van der Waals surface area contributed by atoms with Crippen LogP contribution in [0.2, 0.25) is 0 Å². The first-order valence-electron chi connectivity index (χ1n) is 8.32. The van der Waals surface area contributed by atoms with Gasteiger partial charge in [-0.2, -0.15) is 0 Å². The van der Waals surface area contributed by atoms with E-state index in [2.05, 4.69) is 0 Å². The summed E-state index contributed by atoms with van der Waals surface area (Å²) in [6.45, 7) is 2.91. The van der Waals surface area contributed by atoms with Gasteiger partial charge in [0.05, 0.1) is 6.61 Å². The topological polar surface area (TPSA) is 66.8 Å². The first-order chi connectivity index (χ1) is 12.0. The third-order valence-electron chi connectivity index (χ3n) is 3.84. The van der Waals surface area contributed by atoms with Crippen LogP contribution < -0.4 is 4.74 Å². The Labute approximate surface area is 147 Å². The number of nitrogens with zero attached hydrogens (tertiary/aromatic N) is 1. The molecule has 0 aliphatic heterocycles. The van der Waals surface area contributed by atoms with E-state index < -0.39 is 5.97 Å². The first kappa shape index (κ1) is 18.5. The number of aliphatic carboxylic acids is 1. The molecule has 0 saturated heterocycles. The number of amides is 1. The Morgan fingerprint density at radius 1 is 1.12 bits per heavy atom. The van der Waals surface area contributed by atoms with Crippen LogP contribution in [0.1, 0.15) is 30.1 Å². The van der Waals surface area contributed by atoms with Crippen molar-refractivity contribution < 1.29 is 19.4 Å². The fraction of sp³-hybridized carbons (Fsp3) is 0.300. The molecule has 0 aromatic heterocycles. The minimum absolute atomic E-state index is 0.0550. The largest absolute Gasteiger partial charge is 0.493 e. The number of rotatable bonds is 8. The number of benzene rings is 2. The Balaban J connectivity index is 2.18. The summed E-state index contributed by atoms with van der Waals surface area (Å²) in [5.41, 5.74) is 2.42. The van der Waals surface area contributed by atoms with Crippen LogP contribution in [0.25, 0.3) is 11.1 Å². The number of carbonyl (C=O) groups is 2. The summed E-state index contributed by atoms with van der Waals surface area (Å²) < 4.78 is 5.66. The van der Waals surface area contributed by atoms with Crippen molar-refractivity contribution in [3.8, 4) is 16.9 Å². The monoisotopic (exact) mass is 341 g/mol. The molecule has 2 rings (SSSR count). The minimum Gasteiger partial charge on any atom is -0.493 e. The van der Waals surface area contributed by atoms with Crippen LogP contribution in [0.5, 0.6) is 5.75 Å². The maximum atomic E-state index is 12.6. The predicted octanol–water partition coefficient (Wildman–Crippen LogP) is 3.69. The standard InChI is InChI=1S/C20H23NO4/c1-3-25-18-11-5-4-10-17(18)15-8-6-9-16(14-15)20(24)21(2)13-7-12-19(22)23/h4-6,8-11,14H,3,7,12-13H2,1-2H3,(H,22,23). The zero-order chi connectivity index (χ0) is 18.2. The van der Waals surface area contributed by atoms with E-state index in [-0.39, 0.29) is 12.3 Å². The maximum Gasteiger partial charge on any atom is 0.303 e. The number of ether oxygens (including phenoxy) is 1. The van der Waals surface area contributed by atoms with Crippen molar-refractivity contribution in [3.05, 3.63) is 54.1 Å². The van der Waals surface area contributed by atoms with Gasteiger partial charge in [0.1, 0.15) is 5.75 Å². The number of carboxylic acid groups (broad SMARTS) is 1. The molecule has 132 valence electrons. The summed E-state index contributed by atoms with van der Waals surface area (Å²) in [5, 5.41) is 8.70. The Hall–Kier alpha value is -2.82. The van der Waals surface area contributed by atoms with Gasteiger partial charge in [0.15, 0.2) is 0 Å². The Morgan fingerprint density at radius 3 is 2.60 bits per heavy atom. The number of hydrogen-bond donors (Lipinski definition) is 1. The van der Waals surface area contributed by atoms with E-state index in [0.717, 1.165) is 16.9 Å². The number of carbonyl (C=O) groups excluding carboxylic acids is 1. The molecule has 5 heteroatoms. The fourth-order valence-corrected chi connectivity index (χ4v) is 2.60. The molecule has 0 bridgehead atoms. The highest BCUT2D eigenvalue weighted by molar-refractivity contribution is 5.95. The molecule has 0 spiro atoms. The molecular weight excluding hydrogens is 318 g/mol. The van der Waals surface area contributed by atoms with Crippen molar-refractivity contribution in [2.75, 3.05) is 20.2 Å². The highest BCUT2D eigenvalue weighted by atomic mass is 16.5. The van der Waals surface area contributed by atoms with Crippen LogP contribution in [0.15, 0.2) is 48.5 Å². The van der Waals surface area contributed by atoms with Gasteiger partial charge >= 0.3 is 5.97 Å². The predicted molar refractivity (Wildman–Crippen MR) is 96.9 cm³/mol. The highest BCUT2D eigenvalue weighted by Gasteiger charge is 2.14. The summed E-state index contributed by atoms with van der Waals surface area (Å²) in [5.74, 6) is -0.194. The molecule has 1 amide bonds. The Bertz CT molecular complexity index is 742. The average Bonchev–Trinajstić information content (AvgIpc) is 2.61. The molecule has 0 radical (unpaired) electrons. The number of carboxylic acids is 1. The molecule has 2 aromatic carbocycles. The van der Waals surface area contributed by atoms with Crippen molar-refractivity contribution in [2.45, 2.75) is 19.8 Å². The summed E-state index contributed by atoms with van der Waals surface area (Å²) in [7, 11) is 1.69. The van der Waals surface area contributed by atoms with Crippen molar-refractivity contribution in [2.24, 2.45) is 0 Å². The minimum atomic E-state index is -0.852. The lowest BCUT2D eigenvalue weighted by atomic mass is 10.0. The molecule has 0 atom stereocenters. The van der Waals surface area contributed by atoms with Gasteiger partial charge in [-0.3, -0.25) is 9.59 Å². The second-order valence-corrected chi connectivity index (χ2v) is 5.73. The summed E-state index contributed by atoms with van der Waals surface area (Å²) >= 11 is 0. The molecule has 1 N–H and O–H groups in total. The van der Waals surface area contributed by atoms with Crippen LogP contribution in [0, 0.1) is 0 Å². The van der Waals surface area contributed by atoms with Crippen molar-refractivity contribution in [1.29, 1.82) is 0 Å². The van der Waals surface area contributed by atoms with Crippen molar-refractivity contribution in [3.63, 3.8) is 0 Å². The van der Waals surface area contributed by atoms with E-state index in [4.69, 9.17) is 9.84 Å². The SMILES string of the molecule is CCOc1ccccc1-c1cccc(C(=O)N(C)CCCC(=O)O)c1. The quantitative estimate of drug-likeness (QED) is 0.795. The van der Waals surface area contributed by atoms with Gasteiger partial charge in [0, 0.05) is 31.1 Å². The van der Waals surface area contributed by atoms with E-state index in [0.29, 0.717) is 25.1 Å². The van der Waals surface area contributed by atoms with E-state index in [1.54, 1.807) is 18.0 Å². The van der Waals surface area contributed by atoms with Gasteiger partial charge < -0.3 is 14.7 Å². The zero-order valence-electron chi connectivity index (χ0n) is 14.6. The molecule has 25 heavy (non-hydrogen) atoms. The van der Waals surface area contributed by atoms with E-state index >= 15 is 0 Å². The molecular formula is C20H23NO4. The van der Waals surface area contributed by atoms with Gasteiger partial charge in [-0.15, -0.1) is 0 Å². The average molecular weight is 341 g/mol. The first-order valence-corrected chi connectivity index (χ1v) is 8.32. The van der Waals surface area contributed by atoms with Crippen molar-refractivity contribution >= 4 is 11.9 Å². The van der Waals surface area contributed by atoms with Gasteiger partial charge in [-0.1, -0.05) is 30.3 Å². The number of hydrogen-bond acceptors (Lipinski definition) is 3. The van der Waals surface area contributed by atoms with Gasteiger partial charge in [0.25, 0.3) is 5.91 Å². The van der Waals surface area contributed by atoms with Crippen LogP contribution in [-0.4, -0.2) is 42.1 Å². The molecule has 0 aliphatic carbocycles. The lowest BCUT2D eigenvalue weighted by molar-refractivity contribution is -0.137. The van der Waals surface area contributed by atoms with Gasteiger partial charge in [-0.25, -0.2) is 0 Å². The zero-order valence-corrected chi connectivity index (χ0v) is 14.6. The molecule has 0 unspecified atom stereocenters. The second-order valence-electron chi connectivity index (χ2n) is 5.73. The van der Waals surface area contributed by atoms with Gasteiger partial charge in [0.2, 0.25) is 0 Å². The van der Waals surface area contributed by atoms with Crippen LogP contribution in [-0.2, 0) is 4.79 Å².